The average molecular weight is 1020 g/mol. The van der Waals surface area contributed by atoms with Crippen molar-refractivity contribution in [3.8, 4) is 0 Å². The van der Waals surface area contributed by atoms with Crippen LogP contribution in [-0.4, -0.2) is 173 Å². The van der Waals surface area contributed by atoms with E-state index in [1.807, 2.05) is 0 Å². The van der Waals surface area contributed by atoms with Crippen molar-refractivity contribution in [2.75, 3.05) is 37.0 Å². The minimum absolute atomic E-state index is 0.0109. The molecule has 368 valence electrons. The first kappa shape index (κ1) is 47.9. The van der Waals surface area contributed by atoms with Crippen molar-refractivity contribution in [1.82, 2.24) is 58.6 Å². The number of ether oxygens (including phenoxy) is 3. The summed E-state index contributed by atoms with van der Waals surface area (Å²) >= 11 is 0. The number of H-pyrrole nitrogens is 1. The van der Waals surface area contributed by atoms with E-state index in [1.165, 1.54) is 10.9 Å². The number of hydrogen-bond acceptors (Lipinski definition) is 27. The van der Waals surface area contributed by atoms with Crippen LogP contribution in [0.5, 0.6) is 0 Å². The molecule has 9 heterocycles. The summed E-state index contributed by atoms with van der Waals surface area (Å²) < 4.78 is 85.1. The molecule has 3 fully saturated rings. The summed E-state index contributed by atoms with van der Waals surface area (Å²) in [5.74, 6) is -0.440. The molecule has 68 heavy (non-hydrogen) atoms. The van der Waals surface area contributed by atoms with Crippen LogP contribution >= 0.6 is 23.5 Å². The summed E-state index contributed by atoms with van der Waals surface area (Å²) in [5.41, 5.74) is 16.4. The second-order valence-corrected chi connectivity index (χ2v) is 19.1. The number of fused-ring (bicyclic) bond motifs is 3. The third-order valence-corrected chi connectivity index (χ3v) is 13.2. The van der Waals surface area contributed by atoms with Gasteiger partial charge in [0.05, 0.1) is 38.8 Å². The van der Waals surface area contributed by atoms with Crippen LogP contribution < -0.4 is 22.8 Å². The van der Waals surface area contributed by atoms with Gasteiger partial charge in [-0.3, -0.25) is 46.1 Å². The third kappa shape index (κ3) is 9.23. The third-order valence-electron chi connectivity index (χ3n) is 10.7. The maximum absolute atomic E-state index is 13.7. The molecule has 0 spiro atoms. The van der Waals surface area contributed by atoms with Crippen LogP contribution in [0.2, 0.25) is 0 Å². The molecule has 6 aromatic heterocycles. The Morgan fingerprint density at radius 1 is 0.574 bits per heavy atom. The van der Waals surface area contributed by atoms with Crippen molar-refractivity contribution in [3.63, 3.8) is 0 Å². The van der Waals surface area contributed by atoms with Crippen LogP contribution in [-0.2, 0) is 50.5 Å². The second-order valence-electron chi connectivity index (χ2n) is 15.1. The summed E-state index contributed by atoms with van der Waals surface area (Å²) in [6, 6.07) is 0. The van der Waals surface area contributed by atoms with Crippen LogP contribution in [0.1, 0.15) is 18.7 Å². The molecule has 0 aromatic carbocycles. The van der Waals surface area contributed by atoms with E-state index in [0.29, 0.717) is 0 Å². The highest BCUT2D eigenvalue weighted by Crippen LogP contribution is 2.53. The highest BCUT2D eigenvalue weighted by atomic mass is 31.2. The van der Waals surface area contributed by atoms with Crippen LogP contribution in [0.3, 0.4) is 0 Å². The molecular weight excluding hydrogens is 983 g/mol. The van der Waals surface area contributed by atoms with E-state index in [1.54, 1.807) is 0 Å². The quantitative estimate of drug-likeness (QED) is 0.0409. The topological polar surface area (TPSA) is 516 Å². The number of nitrogens with two attached hydrogens (primary N) is 3. The first-order valence-corrected chi connectivity index (χ1v) is 23.9. The van der Waals surface area contributed by atoms with Gasteiger partial charge in [0.25, 0.3) is 5.56 Å². The predicted molar refractivity (Wildman–Crippen MR) is 217 cm³/mol. The zero-order valence-electron chi connectivity index (χ0n) is 33.9. The highest BCUT2D eigenvalue weighted by Gasteiger charge is 2.53. The summed E-state index contributed by atoms with van der Waals surface area (Å²) in [7, 11) is -16.2. The first-order valence-electron chi connectivity index (χ1n) is 19.4. The maximum atomic E-state index is 13.7. The number of nitrogen functional groups attached to an aromatic ring is 3. The molecule has 14 atom stereocenters. The van der Waals surface area contributed by atoms with Gasteiger partial charge in [-0.15, -0.1) is 0 Å². The number of hydrogen-bond donors (Lipinski definition) is 12. The molecule has 35 nitrogen and oxygen atoms in total. The zero-order valence-corrected chi connectivity index (χ0v) is 36.6. The Bertz CT molecular complexity index is 3060. The molecule has 3 aliphatic rings. The van der Waals surface area contributed by atoms with Gasteiger partial charge in [-0.2, -0.15) is 4.98 Å². The van der Waals surface area contributed by atoms with E-state index in [-0.39, 0.29) is 51.1 Å². The van der Waals surface area contributed by atoms with Gasteiger partial charge in [-0.25, -0.2) is 48.6 Å². The first-order chi connectivity index (χ1) is 32.1. The van der Waals surface area contributed by atoms with Crippen LogP contribution in [0, 0.1) is 0 Å². The highest BCUT2D eigenvalue weighted by molar-refractivity contribution is 7.47. The van der Waals surface area contributed by atoms with Gasteiger partial charge in [0, 0.05) is 0 Å². The van der Waals surface area contributed by atoms with Crippen molar-refractivity contribution >= 4 is 74.5 Å². The molecule has 9 rings (SSSR count). The van der Waals surface area contributed by atoms with Crippen molar-refractivity contribution in [1.29, 1.82) is 0 Å². The molecule has 0 aliphatic carbocycles. The Kier molecular flexibility index (Phi) is 12.7. The lowest BCUT2D eigenvalue weighted by Gasteiger charge is -2.26. The minimum Gasteiger partial charge on any atom is -0.387 e. The van der Waals surface area contributed by atoms with E-state index in [2.05, 4.69) is 49.4 Å². The van der Waals surface area contributed by atoms with Crippen molar-refractivity contribution in [3.05, 3.63) is 42.0 Å². The predicted octanol–water partition coefficient (Wildman–Crippen LogP) is -4.20. The molecule has 0 saturated carbocycles. The summed E-state index contributed by atoms with van der Waals surface area (Å²) in [6.45, 7) is -3.11. The molecule has 0 radical (unpaired) electrons. The molecule has 0 bridgehead atoms. The summed E-state index contributed by atoms with van der Waals surface area (Å²) in [5, 5.41) is 44.6. The number of aromatic amines is 1. The normalized spacial score (nSPS) is 30.7. The van der Waals surface area contributed by atoms with Gasteiger partial charge in [-0.1, -0.05) is 0 Å². The smallest absolute Gasteiger partial charge is 0.387 e. The maximum Gasteiger partial charge on any atom is 0.472 e. The standard InChI is InChI=1S/C30H38N15O20P3/c31-21-12-23(36-4-34-21)43(6-38-12)27-16(47)15(46)9(61-27)1-59-67(54,55)65-20-11(63-28(17(20)48)44-7-39-13-22(32)35-5-37-24(13)44)3-60-68(56,57)64-19-10(2-58-66(51,52)53)62-29(18(19)49)45-8-40-14-25(45)41-30(33)42-26(14)50/h4-11,15-20,27-29,46-49H,1-3H2,(H,54,55)(H,56,57)(H2,31,34,36)(H2,32,35,37)(H2,51,52,53)(H3,33,41,42,50)/t9-,10-,11-,15-,16-,17-,18-,19-,20-,27-,28-,29-/m1/s1. The van der Waals surface area contributed by atoms with Gasteiger partial charge < -0.3 is 71.4 Å². The van der Waals surface area contributed by atoms with Crippen molar-refractivity contribution < 1.29 is 90.5 Å². The molecule has 6 aromatic rings. The molecule has 3 aliphatic heterocycles. The fourth-order valence-corrected chi connectivity index (χ4v) is 9.91. The number of aromatic nitrogens is 12. The second kappa shape index (κ2) is 18.0. The number of anilines is 3. The number of phosphoric ester groups is 3. The van der Waals surface area contributed by atoms with E-state index >= 15 is 0 Å². The monoisotopic (exact) mass is 1020 g/mol. The Morgan fingerprint density at radius 3 is 1.50 bits per heavy atom. The van der Waals surface area contributed by atoms with Gasteiger partial charge >= 0.3 is 23.5 Å². The molecule has 38 heteroatoms. The van der Waals surface area contributed by atoms with Crippen molar-refractivity contribution in [2.45, 2.75) is 73.6 Å². The Balaban J connectivity index is 0.930. The van der Waals surface area contributed by atoms with Gasteiger partial charge in [0.1, 0.15) is 78.6 Å². The van der Waals surface area contributed by atoms with E-state index in [4.69, 9.17) is 49.5 Å². The summed E-state index contributed by atoms with van der Waals surface area (Å²) in [6.07, 6.45) is -15.6. The number of aliphatic hydroxyl groups is 4. The van der Waals surface area contributed by atoms with Gasteiger partial charge in [0.15, 0.2) is 52.8 Å². The molecular formula is C30H38N15O20P3. The fraction of sp³-hybridized carbons (Fsp3) is 0.500. The molecule has 3 saturated heterocycles. The number of nitrogens with zero attached hydrogens (tertiary/aromatic N) is 11. The molecule has 0 amide bonds. The van der Waals surface area contributed by atoms with Crippen LogP contribution in [0.15, 0.2) is 36.4 Å². The largest absolute Gasteiger partial charge is 0.472 e. The van der Waals surface area contributed by atoms with E-state index < -0.39 is 122 Å². The van der Waals surface area contributed by atoms with Crippen LogP contribution in [0.25, 0.3) is 33.5 Å². The number of phosphoric acid groups is 3. The molecule has 15 N–H and O–H groups in total. The molecule has 2 unspecified atom stereocenters. The Morgan fingerprint density at radius 2 is 1.00 bits per heavy atom. The number of imidazole rings is 3. The van der Waals surface area contributed by atoms with Gasteiger partial charge in [-0.05, 0) is 0 Å². The fourth-order valence-electron chi connectivity index (χ4n) is 7.64. The Labute approximate surface area is 375 Å². The lowest BCUT2D eigenvalue weighted by Crippen LogP contribution is -2.38. The number of aliphatic hydroxyl groups excluding tert-OH is 4. The van der Waals surface area contributed by atoms with Crippen LogP contribution in [0.4, 0.5) is 17.6 Å². The Hall–Kier alpha value is -5.10. The summed E-state index contributed by atoms with van der Waals surface area (Å²) in [4.78, 5) is 87.3. The van der Waals surface area contributed by atoms with Crippen molar-refractivity contribution in [2.24, 2.45) is 0 Å². The number of nitrogens with one attached hydrogen (secondary N) is 1. The average Bonchev–Trinajstić information content (AvgIpc) is 4.13. The van der Waals surface area contributed by atoms with E-state index in [0.717, 1.165) is 34.4 Å². The lowest BCUT2D eigenvalue weighted by molar-refractivity contribution is -0.0616. The lowest BCUT2D eigenvalue weighted by atomic mass is 10.1. The van der Waals surface area contributed by atoms with Gasteiger partial charge in [0.2, 0.25) is 5.95 Å². The van der Waals surface area contributed by atoms with E-state index in [9.17, 15) is 58.5 Å². The number of rotatable bonds is 16. The SMILES string of the molecule is Nc1nc2c(ncn2[C@@H]2O[C@H](COP(=O)(O)O)[C@@H](OP(=O)(O)OC[C@H]3O[C@@H](n4cnc5c(N)ncnc54)[C@H](O)[C@@H]3OP(=O)(O)OC[C@H]3O[C@@H](n4cnc5c(N)ncnc54)[C@H](O)[C@@H]3O)[C@H]2O)c(=O)[nH]1. The zero-order chi connectivity index (χ0) is 48.6. The minimum atomic E-state index is -5.54.